The summed E-state index contributed by atoms with van der Waals surface area (Å²) in [5.74, 6) is 1.75. The first-order valence-electron chi connectivity index (χ1n) is 11.7. The number of methoxy groups -OCH3 is 1. The van der Waals surface area contributed by atoms with Crippen LogP contribution in [0.4, 0.5) is 29.3 Å². The SMILES string of the molecule is COc1ccc(N2CC(c3cccc(C(F)(F)F)c3)N(c3ccc(Oc4ccc(Cl)cc4)cc3)C2=O)cc1. The first-order chi connectivity index (χ1) is 18.2. The van der Waals surface area contributed by atoms with Crippen molar-refractivity contribution in [2.24, 2.45) is 0 Å². The maximum Gasteiger partial charge on any atom is 0.416 e. The standard InChI is InChI=1S/C29H22ClF3N2O3/c1-37-24-13-7-22(8-14-24)34-18-27(19-3-2-4-20(17-19)29(31,32)33)35(28(34)36)23-9-15-26(16-10-23)38-25-11-5-21(30)6-12-25/h2-17,27H,18H2,1H3. The molecule has 4 aromatic carbocycles. The average Bonchev–Trinajstić information content (AvgIpc) is 3.27. The third-order valence-electron chi connectivity index (χ3n) is 6.25. The number of anilines is 2. The van der Waals surface area contributed by atoms with Gasteiger partial charge in [0.25, 0.3) is 0 Å². The lowest BCUT2D eigenvalue weighted by molar-refractivity contribution is -0.137. The minimum Gasteiger partial charge on any atom is -0.497 e. The lowest BCUT2D eigenvalue weighted by Gasteiger charge is -2.24. The summed E-state index contributed by atoms with van der Waals surface area (Å²) in [5, 5.41) is 0.585. The number of rotatable bonds is 6. The zero-order chi connectivity index (χ0) is 26.9. The van der Waals surface area contributed by atoms with Crippen LogP contribution in [0.3, 0.4) is 0 Å². The van der Waals surface area contributed by atoms with E-state index in [1.54, 1.807) is 90.9 Å². The van der Waals surface area contributed by atoms with Crippen LogP contribution in [0.1, 0.15) is 17.2 Å². The van der Waals surface area contributed by atoms with Crippen molar-refractivity contribution < 1.29 is 27.4 Å². The van der Waals surface area contributed by atoms with Crippen LogP contribution in [0.2, 0.25) is 5.02 Å². The molecule has 1 unspecified atom stereocenters. The highest BCUT2D eigenvalue weighted by atomic mass is 35.5. The monoisotopic (exact) mass is 538 g/mol. The Morgan fingerprint density at radius 2 is 1.39 bits per heavy atom. The lowest BCUT2D eigenvalue weighted by Crippen LogP contribution is -2.32. The van der Waals surface area contributed by atoms with Gasteiger partial charge >= 0.3 is 12.2 Å². The highest BCUT2D eigenvalue weighted by Crippen LogP contribution is 2.40. The average molecular weight is 539 g/mol. The van der Waals surface area contributed by atoms with Gasteiger partial charge in [-0.1, -0.05) is 23.7 Å². The van der Waals surface area contributed by atoms with E-state index >= 15 is 0 Å². The molecule has 1 aliphatic heterocycles. The van der Waals surface area contributed by atoms with E-state index in [0.717, 1.165) is 12.1 Å². The second-order valence-electron chi connectivity index (χ2n) is 8.65. The van der Waals surface area contributed by atoms with E-state index in [9.17, 15) is 18.0 Å². The van der Waals surface area contributed by atoms with Gasteiger partial charge in [-0.15, -0.1) is 0 Å². The highest BCUT2D eigenvalue weighted by Gasteiger charge is 2.41. The summed E-state index contributed by atoms with van der Waals surface area (Å²) < 4.78 is 51.5. The Morgan fingerprint density at radius 3 is 2.00 bits per heavy atom. The smallest absolute Gasteiger partial charge is 0.416 e. The van der Waals surface area contributed by atoms with Crippen molar-refractivity contribution in [3.63, 3.8) is 0 Å². The molecule has 38 heavy (non-hydrogen) atoms. The number of amides is 2. The van der Waals surface area contributed by atoms with Gasteiger partial charge in [0.15, 0.2) is 0 Å². The molecule has 0 spiro atoms. The lowest BCUT2D eigenvalue weighted by atomic mass is 10.0. The molecule has 0 aromatic heterocycles. The molecule has 2 amide bonds. The fourth-order valence-corrected chi connectivity index (χ4v) is 4.48. The number of alkyl halides is 3. The van der Waals surface area contributed by atoms with Crippen LogP contribution in [0.25, 0.3) is 0 Å². The summed E-state index contributed by atoms with van der Waals surface area (Å²) in [6, 6.07) is 24.7. The topological polar surface area (TPSA) is 42.0 Å². The maximum atomic E-state index is 13.7. The Hall–Kier alpha value is -4.17. The van der Waals surface area contributed by atoms with Gasteiger partial charge in [-0.3, -0.25) is 9.80 Å². The van der Waals surface area contributed by atoms with Gasteiger partial charge < -0.3 is 9.47 Å². The first-order valence-corrected chi connectivity index (χ1v) is 12.1. The quantitative estimate of drug-likeness (QED) is 0.248. The van der Waals surface area contributed by atoms with Crippen LogP contribution in [0, 0.1) is 0 Å². The minimum atomic E-state index is -4.50. The Labute approximate surface area is 222 Å². The van der Waals surface area contributed by atoms with Gasteiger partial charge in [0.2, 0.25) is 0 Å². The molecular formula is C29H22ClF3N2O3. The molecule has 5 nitrogen and oxygen atoms in total. The van der Waals surface area contributed by atoms with Gasteiger partial charge in [-0.25, -0.2) is 4.79 Å². The Balaban J connectivity index is 1.49. The fraction of sp³-hybridized carbons (Fsp3) is 0.138. The number of carbonyl (C=O) groups is 1. The van der Waals surface area contributed by atoms with Crippen molar-refractivity contribution in [1.29, 1.82) is 0 Å². The number of urea groups is 1. The van der Waals surface area contributed by atoms with Crippen molar-refractivity contribution in [2.75, 3.05) is 23.5 Å². The number of halogens is 4. The highest BCUT2D eigenvalue weighted by molar-refractivity contribution is 6.30. The Kier molecular flexibility index (Phi) is 6.91. The third-order valence-corrected chi connectivity index (χ3v) is 6.50. The van der Waals surface area contributed by atoms with Crippen LogP contribution in [-0.4, -0.2) is 19.7 Å². The second kappa shape index (κ2) is 10.3. The molecule has 1 fully saturated rings. The molecule has 4 aromatic rings. The molecule has 1 atom stereocenters. The second-order valence-corrected chi connectivity index (χ2v) is 9.09. The van der Waals surface area contributed by atoms with Gasteiger partial charge in [0, 0.05) is 16.4 Å². The third kappa shape index (κ3) is 5.26. The number of hydrogen-bond acceptors (Lipinski definition) is 3. The number of benzene rings is 4. The van der Waals surface area contributed by atoms with Crippen LogP contribution < -0.4 is 19.3 Å². The van der Waals surface area contributed by atoms with E-state index in [0.29, 0.717) is 39.2 Å². The molecule has 0 bridgehead atoms. The van der Waals surface area contributed by atoms with E-state index in [-0.39, 0.29) is 12.6 Å². The van der Waals surface area contributed by atoms with Crippen molar-refractivity contribution in [3.8, 4) is 17.2 Å². The van der Waals surface area contributed by atoms with Crippen LogP contribution >= 0.6 is 11.6 Å². The van der Waals surface area contributed by atoms with Gasteiger partial charge in [0.1, 0.15) is 17.2 Å². The predicted octanol–water partition coefficient (Wildman–Crippen LogP) is 8.35. The largest absolute Gasteiger partial charge is 0.497 e. The van der Waals surface area contributed by atoms with Gasteiger partial charge in [-0.2, -0.15) is 13.2 Å². The molecule has 1 heterocycles. The van der Waals surface area contributed by atoms with E-state index in [1.807, 2.05) is 0 Å². The molecule has 9 heteroatoms. The summed E-state index contributed by atoms with van der Waals surface area (Å²) in [6.45, 7) is 0.162. The molecule has 0 radical (unpaired) electrons. The summed E-state index contributed by atoms with van der Waals surface area (Å²) in [7, 11) is 1.54. The van der Waals surface area contributed by atoms with Crippen LogP contribution in [0.5, 0.6) is 17.2 Å². The fourth-order valence-electron chi connectivity index (χ4n) is 4.35. The number of hydrogen-bond donors (Lipinski definition) is 0. The summed E-state index contributed by atoms with van der Waals surface area (Å²) >= 11 is 5.93. The number of ether oxygens (including phenoxy) is 2. The molecule has 0 N–H and O–H groups in total. The van der Waals surface area contributed by atoms with Crippen molar-refractivity contribution in [1.82, 2.24) is 0 Å². The Morgan fingerprint density at radius 1 is 0.816 bits per heavy atom. The summed E-state index contributed by atoms with van der Waals surface area (Å²) in [6.07, 6.45) is -4.50. The normalized spacial score (nSPS) is 15.6. The maximum absolute atomic E-state index is 13.7. The van der Waals surface area contributed by atoms with E-state index < -0.39 is 17.8 Å². The van der Waals surface area contributed by atoms with Gasteiger partial charge in [-0.05, 0) is 90.5 Å². The van der Waals surface area contributed by atoms with Gasteiger partial charge in [0.05, 0.1) is 25.3 Å². The molecule has 0 saturated carbocycles. The number of nitrogens with zero attached hydrogens (tertiary/aromatic N) is 2. The first kappa shape index (κ1) is 25.5. The predicted molar refractivity (Wildman–Crippen MR) is 140 cm³/mol. The minimum absolute atomic E-state index is 0.162. The summed E-state index contributed by atoms with van der Waals surface area (Å²) in [4.78, 5) is 16.7. The summed E-state index contributed by atoms with van der Waals surface area (Å²) in [5.41, 5.74) is 0.748. The molecular weight excluding hydrogens is 517 g/mol. The van der Waals surface area contributed by atoms with E-state index in [4.69, 9.17) is 21.1 Å². The van der Waals surface area contributed by atoms with E-state index in [1.165, 1.54) is 11.0 Å². The van der Waals surface area contributed by atoms with Crippen molar-refractivity contribution >= 4 is 29.0 Å². The van der Waals surface area contributed by atoms with E-state index in [2.05, 4.69) is 0 Å². The molecule has 5 rings (SSSR count). The van der Waals surface area contributed by atoms with Crippen LogP contribution in [0.15, 0.2) is 97.1 Å². The molecule has 0 aliphatic carbocycles. The van der Waals surface area contributed by atoms with Crippen LogP contribution in [-0.2, 0) is 6.18 Å². The molecule has 1 aliphatic rings. The number of carbonyl (C=O) groups excluding carboxylic acids is 1. The molecule has 194 valence electrons. The zero-order valence-corrected chi connectivity index (χ0v) is 20.9. The van der Waals surface area contributed by atoms with Crippen molar-refractivity contribution in [2.45, 2.75) is 12.2 Å². The molecule has 1 saturated heterocycles. The van der Waals surface area contributed by atoms with Crippen molar-refractivity contribution in [3.05, 3.63) is 113 Å². The zero-order valence-electron chi connectivity index (χ0n) is 20.2. The Bertz CT molecular complexity index is 1430.